The van der Waals surface area contributed by atoms with E-state index in [4.69, 9.17) is 28.9 Å². The average molecular weight is 464 g/mol. The fourth-order valence-corrected chi connectivity index (χ4v) is 4.87. The Balaban J connectivity index is 1.45. The van der Waals surface area contributed by atoms with E-state index in [1.54, 1.807) is 30.3 Å². The standard InChI is InChI=1S/C22H20Cl2FN3OS/c23-16-3-1-14(2-4-16)21(29)20-15(13-30-22(20)26)12-27-7-9-28(10-8-27)19-6-5-17(25)11-18(19)24/h1-6,11,13H,7-10,12,26H2. The van der Waals surface area contributed by atoms with Crippen LogP contribution >= 0.6 is 34.5 Å². The Hall–Kier alpha value is -2.12. The summed E-state index contributed by atoms with van der Waals surface area (Å²) in [5.41, 5.74) is 9.07. The first kappa shape index (κ1) is 21.1. The molecule has 4 nitrogen and oxygen atoms in total. The second-order valence-corrected chi connectivity index (χ2v) is 8.95. The summed E-state index contributed by atoms with van der Waals surface area (Å²) in [6, 6.07) is 11.3. The number of halogens is 3. The third-order valence-corrected chi connectivity index (χ3v) is 6.66. The first-order chi connectivity index (χ1) is 14.4. The summed E-state index contributed by atoms with van der Waals surface area (Å²) in [5, 5.41) is 3.50. The van der Waals surface area contributed by atoms with E-state index >= 15 is 0 Å². The summed E-state index contributed by atoms with van der Waals surface area (Å²) in [7, 11) is 0. The highest BCUT2D eigenvalue weighted by molar-refractivity contribution is 7.14. The number of carbonyl (C=O) groups is 1. The number of piperazine rings is 1. The zero-order valence-electron chi connectivity index (χ0n) is 16.1. The minimum Gasteiger partial charge on any atom is -0.390 e. The Morgan fingerprint density at radius 3 is 2.43 bits per heavy atom. The predicted molar refractivity (Wildman–Crippen MR) is 123 cm³/mol. The number of carbonyl (C=O) groups excluding carboxylic acids is 1. The van der Waals surface area contributed by atoms with Gasteiger partial charge >= 0.3 is 0 Å². The van der Waals surface area contributed by atoms with Crippen molar-refractivity contribution in [3.05, 3.63) is 80.4 Å². The molecule has 2 N–H and O–H groups in total. The number of thiophene rings is 1. The van der Waals surface area contributed by atoms with Gasteiger partial charge in [0.2, 0.25) is 0 Å². The average Bonchev–Trinajstić information content (AvgIpc) is 3.09. The lowest BCUT2D eigenvalue weighted by atomic mass is 10.0. The Morgan fingerprint density at radius 2 is 1.77 bits per heavy atom. The molecule has 1 aromatic heterocycles. The predicted octanol–water partition coefficient (Wildman–Crippen LogP) is 5.33. The zero-order chi connectivity index (χ0) is 21.3. The van der Waals surface area contributed by atoms with Crippen LogP contribution in [0.15, 0.2) is 47.8 Å². The molecule has 8 heteroatoms. The maximum Gasteiger partial charge on any atom is 0.196 e. The first-order valence-electron chi connectivity index (χ1n) is 9.51. The van der Waals surface area contributed by atoms with E-state index in [-0.39, 0.29) is 11.6 Å². The molecule has 30 heavy (non-hydrogen) atoms. The van der Waals surface area contributed by atoms with Gasteiger partial charge in [0.05, 0.1) is 21.3 Å². The van der Waals surface area contributed by atoms with Gasteiger partial charge in [-0.05, 0) is 53.4 Å². The third kappa shape index (κ3) is 4.47. The van der Waals surface area contributed by atoms with Gasteiger partial charge in [0.1, 0.15) is 5.82 Å². The van der Waals surface area contributed by atoms with E-state index in [0.29, 0.717) is 32.7 Å². The number of nitrogen functional groups attached to an aromatic ring is 1. The van der Waals surface area contributed by atoms with Gasteiger partial charge < -0.3 is 10.6 Å². The Labute approximate surface area is 188 Å². The van der Waals surface area contributed by atoms with E-state index in [1.165, 1.54) is 23.5 Å². The second-order valence-electron chi connectivity index (χ2n) is 7.20. The largest absolute Gasteiger partial charge is 0.390 e. The zero-order valence-corrected chi connectivity index (χ0v) is 18.4. The SMILES string of the molecule is Nc1scc(CN2CCN(c3ccc(F)cc3Cl)CC2)c1C(=O)c1ccc(Cl)cc1. The Kier molecular flexibility index (Phi) is 6.29. The number of rotatable bonds is 5. The van der Waals surface area contributed by atoms with Crippen molar-refractivity contribution in [3.8, 4) is 0 Å². The van der Waals surface area contributed by atoms with Crippen molar-refractivity contribution < 1.29 is 9.18 Å². The summed E-state index contributed by atoms with van der Waals surface area (Å²) in [5.74, 6) is -0.424. The molecule has 0 atom stereocenters. The molecule has 156 valence electrons. The van der Waals surface area contributed by atoms with Crippen molar-refractivity contribution in [2.75, 3.05) is 36.8 Å². The minimum atomic E-state index is -0.338. The van der Waals surface area contributed by atoms with Crippen LogP contribution in [0.25, 0.3) is 0 Å². The number of benzene rings is 2. The van der Waals surface area contributed by atoms with Crippen molar-refractivity contribution in [2.45, 2.75) is 6.54 Å². The molecule has 1 fully saturated rings. The number of nitrogens with two attached hydrogens (primary N) is 1. The maximum atomic E-state index is 13.3. The summed E-state index contributed by atoms with van der Waals surface area (Å²) in [6.45, 7) is 3.79. The molecule has 0 amide bonds. The molecule has 0 unspecified atom stereocenters. The summed E-state index contributed by atoms with van der Waals surface area (Å²) < 4.78 is 13.3. The molecule has 0 saturated carbocycles. The number of hydrogen-bond donors (Lipinski definition) is 1. The number of nitrogens with zero attached hydrogens (tertiary/aromatic N) is 2. The summed E-state index contributed by atoms with van der Waals surface area (Å²) >= 11 is 13.5. The fraction of sp³-hybridized carbons (Fsp3) is 0.227. The monoisotopic (exact) mass is 463 g/mol. The van der Waals surface area contributed by atoms with Crippen molar-refractivity contribution in [2.24, 2.45) is 0 Å². The minimum absolute atomic E-state index is 0.0860. The molecular weight excluding hydrogens is 444 g/mol. The van der Waals surface area contributed by atoms with Crippen molar-refractivity contribution in [3.63, 3.8) is 0 Å². The number of ketones is 1. The molecule has 0 radical (unpaired) electrons. The molecule has 0 aliphatic carbocycles. The van der Waals surface area contributed by atoms with Gasteiger partial charge in [0.15, 0.2) is 5.78 Å². The maximum absolute atomic E-state index is 13.3. The molecule has 3 aromatic rings. The van der Waals surface area contributed by atoms with Crippen molar-refractivity contribution in [1.82, 2.24) is 4.90 Å². The highest BCUT2D eigenvalue weighted by Crippen LogP contribution is 2.31. The van der Waals surface area contributed by atoms with Gasteiger partial charge in [-0.25, -0.2) is 4.39 Å². The van der Waals surface area contributed by atoms with E-state index in [9.17, 15) is 9.18 Å². The third-order valence-electron chi connectivity index (χ3n) is 5.25. The van der Waals surface area contributed by atoms with E-state index < -0.39 is 0 Å². The molecule has 1 aliphatic rings. The van der Waals surface area contributed by atoms with E-state index in [0.717, 1.165) is 37.4 Å². The first-order valence-corrected chi connectivity index (χ1v) is 11.1. The van der Waals surface area contributed by atoms with Gasteiger partial charge in [-0.1, -0.05) is 23.2 Å². The number of hydrogen-bond acceptors (Lipinski definition) is 5. The van der Waals surface area contributed by atoms with E-state index in [2.05, 4.69) is 9.80 Å². The lowest BCUT2D eigenvalue weighted by Crippen LogP contribution is -2.46. The van der Waals surface area contributed by atoms with Crippen LogP contribution in [0.4, 0.5) is 15.1 Å². The molecule has 1 saturated heterocycles. The highest BCUT2D eigenvalue weighted by Gasteiger charge is 2.24. The van der Waals surface area contributed by atoms with E-state index in [1.807, 2.05) is 5.38 Å². The summed E-state index contributed by atoms with van der Waals surface area (Å²) in [6.07, 6.45) is 0. The van der Waals surface area contributed by atoms with Crippen LogP contribution in [0.5, 0.6) is 0 Å². The molecule has 0 bridgehead atoms. The molecule has 1 aliphatic heterocycles. The topological polar surface area (TPSA) is 49.6 Å². The van der Waals surface area contributed by atoms with Crippen LogP contribution in [-0.2, 0) is 6.54 Å². The highest BCUT2D eigenvalue weighted by atomic mass is 35.5. The van der Waals surface area contributed by atoms with Crippen LogP contribution in [0.2, 0.25) is 10.0 Å². The van der Waals surface area contributed by atoms with Gasteiger partial charge in [-0.3, -0.25) is 9.69 Å². The number of anilines is 2. The van der Waals surface area contributed by atoms with Gasteiger partial charge in [-0.2, -0.15) is 0 Å². The molecule has 4 rings (SSSR count). The van der Waals surface area contributed by atoms with Crippen LogP contribution in [0, 0.1) is 5.82 Å². The van der Waals surface area contributed by atoms with Gasteiger partial charge in [0.25, 0.3) is 0 Å². The molecule has 2 aromatic carbocycles. The van der Waals surface area contributed by atoms with Crippen molar-refractivity contribution in [1.29, 1.82) is 0 Å². The molecule has 2 heterocycles. The molecule has 0 spiro atoms. The van der Waals surface area contributed by atoms with Gasteiger partial charge in [-0.15, -0.1) is 11.3 Å². The lowest BCUT2D eigenvalue weighted by Gasteiger charge is -2.36. The van der Waals surface area contributed by atoms with Crippen molar-refractivity contribution >= 4 is 51.0 Å². The summed E-state index contributed by atoms with van der Waals surface area (Å²) in [4.78, 5) is 17.5. The molecular formula is C22H20Cl2FN3OS. The van der Waals surface area contributed by atoms with Crippen LogP contribution in [0.3, 0.4) is 0 Å². The van der Waals surface area contributed by atoms with Crippen LogP contribution < -0.4 is 10.6 Å². The lowest BCUT2D eigenvalue weighted by molar-refractivity contribution is 0.103. The quantitative estimate of drug-likeness (QED) is 0.519. The Morgan fingerprint density at radius 1 is 1.07 bits per heavy atom. The smallest absolute Gasteiger partial charge is 0.196 e. The van der Waals surface area contributed by atoms with Crippen LogP contribution in [0.1, 0.15) is 21.5 Å². The Bertz CT molecular complexity index is 1060. The second kappa shape index (κ2) is 8.94. The fourth-order valence-electron chi connectivity index (χ4n) is 3.66. The normalized spacial score (nSPS) is 14.8. The van der Waals surface area contributed by atoms with Crippen LogP contribution in [-0.4, -0.2) is 36.9 Å². The van der Waals surface area contributed by atoms with Gasteiger partial charge in [0, 0.05) is 43.3 Å².